The van der Waals surface area contributed by atoms with Crippen LogP contribution in [0.2, 0.25) is 0 Å². The number of rotatable bonds is 5. The van der Waals surface area contributed by atoms with Gasteiger partial charge in [0.15, 0.2) is 0 Å². The number of nitrogens with one attached hydrogen (secondary N) is 1. The summed E-state index contributed by atoms with van der Waals surface area (Å²) in [4.78, 5) is 0. The predicted octanol–water partition coefficient (Wildman–Crippen LogP) is 3.53. The molecule has 0 aliphatic carbocycles. The van der Waals surface area contributed by atoms with Crippen LogP contribution in [0.4, 0.5) is 10.1 Å². The van der Waals surface area contributed by atoms with Crippen LogP contribution in [0.15, 0.2) is 48.5 Å². The number of aliphatic hydroxyl groups is 1. The van der Waals surface area contributed by atoms with Crippen LogP contribution in [0.1, 0.15) is 24.2 Å². The highest BCUT2D eigenvalue weighted by Gasteiger charge is 2.08. The van der Waals surface area contributed by atoms with Crippen LogP contribution in [0, 0.1) is 5.82 Å². The lowest BCUT2D eigenvalue weighted by atomic mass is 10.1. The quantitative estimate of drug-likeness (QED) is 0.861. The lowest BCUT2D eigenvalue weighted by molar-refractivity contribution is 0.191. The third kappa shape index (κ3) is 3.55. The summed E-state index contributed by atoms with van der Waals surface area (Å²) in [5.41, 5.74) is 2.48. The minimum Gasteiger partial charge on any atom is -0.387 e. The summed E-state index contributed by atoms with van der Waals surface area (Å²) in [6.45, 7) is 2.37. The van der Waals surface area contributed by atoms with E-state index in [0.29, 0.717) is 5.69 Å². The molecule has 0 aliphatic heterocycles. The molecule has 0 spiro atoms. The van der Waals surface area contributed by atoms with Crippen LogP contribution in [0.5, 0.6) is 0 Å². The molecule has 2 nitrogen and oxygen atoms in total. The SMILES string of the molecule is CCc1ccc(C(O)CNc2ccccc2F)cc1. The van der Waals surface area contributed by atoms with Crippen molar-refractivity contribution in [3.63, 3.8) is 0 Å². The molecular weight excluding hydrogens is 241 g/mol. The van der Waals surface area contributed by atoms with E-state index in [1.165, 1.54) is 11.6 Å². The van der Waals surface area contributed by atoms with Gasteiger partial charge in [0.2, 0.25) is 0 Å². The molecule has 0 amide bonds. The Morgan fingerprint density at radius 1 is 1.11 bits per heavy atom. The molecule has 2 N–H and O–H groups in total. The predicted molar refractivity (Wildman–Crippen MR) is 75.7 cm³/mol. The van der Waals surface area contributed by atoms with Crippen molar-refractivity contribution < 1.29 is 9.50 Å². The van der Waals surface area contributed by atoms with Gasteiger partial charge in [-0.3, -0.25) is 0 Å². The molecule has 0 radical (unpaired) electrons. The second-order valence-electron chi connectivity index (χ2n) is 4.47. The third-order valence-corrected chi connectivity index (χ3v) is 3.13. The van der Waals surface area contributed by atoms with Crippen LogP contribution in [0.25, 0.3) is 0 Å². The van der Waals surface area contributed by atoms with Gasteiger partial charge in [-0.05, 0) is 29.7 Å². The number of aliphatic hydroxyl groups excluding tert-OH is 1. The Bertz CT molecular complexity index is 525. The molecule has 3 heteroatoms. The van der Waals surface area contributed by atoms with E-state index >= 15 is 0 Å². The number of benzene rings is 2. The van der Waals surface area contributed by atoms with Crippen molar-refractivity contribution >= 4 is 5.69 Å². The molecule has 0 saturated carbocycles. The van der Waals surface area contributed by atoms with E-state index in [9.17, 15) is 9.50 Å². The van der Waals surface area contributed by atoms with Crippen LogP contribution in [0.3, 0.4) is 0 Å². The maximum absolute atomic E-state index is 13.4. The largest absolute Gasteiger partial charge is 0.387 e. The van der Waals surface area contributed by atoms with E-state index in [1.54, 1.807) is 18.2 Å². The Hall–Kier alpha value is -1.87. The Balaban J connectivity index is 1.97. The molecule has 19 heavy (non-hydrogen) atoms. The van der Waals surface area contributed by atoms with Gasteiger partial charge >= 0.3 is 0 Å². The number of hydrogen-bond donors (Lipinski definition) is 2. The monoisotopic (exact) mass is 259 g/mol. The minimum atomic E-state index is -0.648. The van der Waals surface area contributed by atoms with E-state index in [-0.39, 0.29) is 12.4 Å². The average molecular weight is 259 g/mol. The first-order valence-electron chi connectivity index (χ1n) is 6.46. The fourth-order valence-corrected chi connectivity index (χ4v) is 1.90. The summed E-state index contributed by atoms with van der Waals surface area (Å²) >= 11 is 0. The molecular formula is C16H18FNO. The first-order valence-corrected chi connectivity index (χ1v) is 6.46. The van der Waals surface area contributed by atoms with E-state index in [2.05, 4.69) is 12.2 Å². The molecule has 0 bridgehead atoms. The highest BCUT2D eigenvalue weighted by Crippen LogP contribution is 2.17. The molecule has 0 heterocycles. The summed E-state index contributed by atoms with van der Waals surface area (Å²) in [5.74, 6) is -0.309. The van der Waals surface area contributed by atoms with Crippen LogP contribution >= 0.6 is 0 Å². The molecule has 1 unspecified atom stereocenters. The van der Waals surface area contributed by atoms with Gasteiger partial charge in [-0.2, -0.15) is 0 Å². The lowest BCUT2D eigenvalue weighted by Crippen LogP contribution is -2.12. The van der Waals surface area contributed by atoms with Gasteiger partial charge in [-0.15, -0.1) is 0 Å². The van der Waals surface area contributed by atoms with Crippen LogP contribution in [-0.2, 0) is 6.42 Å². The van der Waals surface area contributed by atoms with Gasteiger partial charge < -0.3 is 10.4 Å². The van der Waals surface area contributed by atoms with Crippen molar-refractivity contribution in [2.24, 2.45) is 0 Å². The summed E-state index contributed by atoms with van der Waals surface area (Å²) in [6, 6.07) is 14.3. The van der Waals surface area contributed by atoms with Crippen LogP contribution in [-0.4, -0.2) is 11.7 Å². The summed E-state index contributed by atoms with van der Waals surface area (Å²) < 4.78 is 13.4. The van der Waals surface area contributed by atoms with E-state index in [4.69, 9.17) is 0 Å². The summed E-state index contributed by atoms with van der Waals surface area (Å²) in [6.07, 6.45) is 0.328. The van der Waals surface area contributed by atoms with Gasteiger partial charge in [-0.25, -0.2) is 4.39 Å². The zero-order chi connectivity index (χ0) is 13.7. The number of aryl methyl sites for hydroxylation is 1. The third-order valence-electron chi connectivity index (χ3n) is 3.13. The zero-order valence-corrected chi connectivity index (χ0v) is 10.9. The maximum atomic E-state index is 13.4. The van der Waals surface area contributed by atoms with Crippen molar-refractivity contribution in [3.05, 3.63) is 65.5 Å². The van der Waals surface area contributed by atoms with Gasteiger partial charge in [0.1, 0.15) is 5.82 Å². The van der Waals surface area contributed by atoms with Crippen molar-refractivity contribution in [2.45, 2.75) is 19.4 Å². The number of halogens is 1. The lowest BCUT2D eigenvalue weighted by Gasteiger charge is -2.14. The van der Waals surface area contributed by atoms with Crippen molar-refractivity contribution in [1.29, 1.82) is 0 Å². The highest BCUT2D eigenvalue weighted by molar-refractivity contribution is 5.44. The average Bonchev–Trinajstić information content (AvgIpc) is 2.46. The van der Waals surface area contributed by atoms with Crippen molar-refractivity contribution in [2.75, 3.05) is 11.9 Å². The number of para-hydroxylation sites is 1. The van der Waals surface area contributed by atoms with Crippen molar-refractivity contribution in [3.8, 4) is 0 Å². The zero-order valence-electron chi connectivity index (χ0n) is 10.9. The molecule has 100 valence electrons. The van der Waals surface area contributed by atoms with Crippen LogP contribution < -0.4 is 5.32 Å². The fraction of sp³-hybridized carbons (Fsp3) is 0.250. The first kappa shape index (κ1) is 13.6. The Morgan fingerprint density at radius 3 is 2.42 bits per heavy atom. The molecule has 0 aliphatic rings. The first-order chi connectivity index (χ1) is 9.20. The highest BCUT2D eigenvalue weighted by atomic mass is 19.1. The van der Waals surface area contributed by atoms with Gasteiger partial charge in [0.25, 0.3) is 0 Å². The van der Waals surface area contributed by atoms with E-state index in [0.717, 1.165) is 12.0 Å². The Morgan fingerprint density at radius 2 is 1.79 bits per heavy atom. The second-order valence-corrected chi connectivity index (χ2v) is 4.47. The van der Waals surface area contributed by atoms with Gasteiger partial charge in [0.05, 0.1) is 11.8 Å². The summed E-state index contributed by atoms with van der Waals surface area (Å²) in [7, 11) is 0. The summed E-state index contributed by atoms with van der Waals surface area (Å²) in [5, 5.41) is 13.0. The fourth-order valence-electron chi connectivity index (χ4n) is 1.90. The molecule has 0 saturated heterocycles. The maximum Gasteiger partial charge on any atom is 0.146 e. The van der Waals surface area contributed by atoms with Gasteiger partial charge in [-0.1, -0.05) is 43.3 Å². The number of anilines is 1. The topological polar surface area (TPSA) is 32.3 Å². The molecule has 0 fully saturated rings. The molecule has 2 rings (SSSR count). The Kier molecular flexibility index (Phi) is 4.53. The molecule has 0 aromatic heterocycles. The molecule has 1 atom stereocenters. The number of hydrogen-bond acceptors (Lipinski definition) is 2. The standard InChI is InChI=1S/C16H18FNO/c1-2-12-7-9-13(10-8-12)16(19)11-18-15-6-4-3-5-14(15)17/h3-10,16,18-19H,2,11H2,1H3. The smallest absolute Gasteiger partial charge is 0.146 e. The molecule has 2 aromatic rings. The minimum absolute atomic E-state index is 0.284. The van der Waals surface area contributed by atoms with E-state index in [1.807, 2.05) is 24.3 Å². The molecule has 2 aromatic carbocycles. The van der Waals surface area contributed by atoms with Gasteiger partial charge in [0, 0.05) is 6.54 Å². The normalized spacial score (nSPS) is 12.2. The second kappa shape index (κ2) is 6.34. The Labute approximate surface area is 112 Å². The van der Waals surface area contributed by atoms with E-state index < -0.39 is 6.10 Å². The van der Waals surface area contributed by atoms with Crippen molar-refractivity contribution in [1.82, 2.24) is 0 Å².